The molecule has 5 nitrogen and oxygen atoms in total. The first-order valence-electron chi connectivity index (χ1n) is 19.5. The molecular formula is C43H62O5. The second-order valence-corrected chi connectivity index (χ2v) is 17.3. The van der Waals surface area contributed by atoms with Gasteiger partial charge in [-0.15, -0.1) is 0 Å². The van der Waals surface area contributed by atoms with Crippen LogP contribution in [0.4, 0.5) is 0 Å². The Bertz CT molecular complexity index is 1550. The summed E-state index contributed by atoms with van der Waals surface area (Å²) >= 11 is 0. The number of allylic oxidation sites excluding steroid dienone is 1. The van der Waals surface area contributed by atoms with Crippen molar-refractivity contribution in [3.8, 4) is 5.75 Å². The highest BCUT2D eigenvalue weighted by Crippen LogP contribution is 2.65. The summed E-state index contributed by atoms with van der Waals surface area (Å²) < 4.78 is 17.4. The number of esters is 1. The first-order valence-corrected chi connectivity index (χ1v) is 19.5. The number of aryl methyl sites for hydroxylation is 1. The Morgan fingerprint density at radius 2 is 1.85 bits per heavy atom. The lowest BCUT2D eigenvalue weighted by Crippen LogP contribution is -2.52. The van der Waals surface area contributed by atoms with Crippen molar-refractivity contribution in [2.45, 2.75) is 144 Å². The van der Waals surface area contributed by atoms with Crippen LogP contribution in [0.2, 0.25) is 0 Å². The maximum atomic E-state index is 13.0. The maximum absolute atomic E-state index is 13.0. The highest BCUT2D eigenvalue weighted by molar-refractivity contribution is 5.82. The number of rotatable bonds is 11. The van der Waals surface area contributed by atoms with Gasteiger partial charge in [-0.05, 0) is 129 Å². The molecule has 3 saturated carbocycles. The van der Waals surface area contributed by atoms with Crippen molar-refractivity contribution in [3.05, 3.63) is 51.4 Å². The number of ether oxygens (including phenoxy) is 2. The first kappa shape index (κ1) is 35.3. The molecule has 0 spiro atoms. The summed E-state index contributed by atoms with van der Waals surface area (Å²) in [6, 6.07) is 5.45. The Kier molecular flexibility index (Phi) is 10.5. The summed E-state index contributed by atoms with van der Waals surface area (Å²) in [4.78, 5) is 25.5. The highest BCUT2D eigenvalue weighted by Gasteiger charge is 2.56. The molecule has 0 bridgehead atoms. The zero-order valence-electron chi connectivity index (χ0n) is 31.0. The molecule has 1 heterocycles. The molecule has 0 saturated heterocycles. The molecule has 1 aromatic carbocycles. The van der Waals surface area contributed by atoms with Crippen LogP contribution in [0.15, 0.2) is 39.1 Å². The van der Waals surface area contributed by atoms with E-state index in [1.807, 2.05) is 19.1 Å². The van der Waals surface area contributed by atoms with E-state index in [9.17, 15) is 9.59 Å². The van der Waals surface area contributed by atoms with E-state index in [0.29, 0.717) is 23.2 Å². The summed E-state index contributed by atoms with van der Waals surface area (Å²) in [5.74, 6) is 5.15. The van der Waals surface area contributed by atoms with Crippen molar-refractivity contribution in [1.82, 2.24) is 0 Å². The minimum absolute atomic E-state index is 0.0901. The Morgan fingerprint density at radius 3 is 2.62 bits per heavy atom. The van der Waals surface area contributed by atoms with Gasteiger partial charge in [-0.3, -0.25) is 0 Å². The molecule has 0 amide bonds. The van der Waals surface area contributed by atoms with Crippen LogP contribution < -0.4 is 10.4 Å². The standard InChI is InChI=1S/C43H62O5/c1-8-10-35-29(5)34-17-15-32(24-39(34)48-41(35)45)46-26-40(44)47-33-19-22-43(7)31(23-33)14-16-36-37-18-13-30(28(4)12-9-11-27(2)3)25-42(37,6)21-20-38(36)43/h14-15,17,24,27-28,30,33,36-38H,8-13,16,18-23,25-26H2,1-7H3/t28-,30+,33+,36-,37+,38-,42-,43+/m0/s1. The summed E-state index contributed by atoms with van der Waals surface area (Å²) in [7, 11) is 0. The Labute approximate surface area is 289 Å². The number of benzene rings is 1. The van der Waals surface area contributed by atoms with Crippen LogP contribution in [0.25, 0.3) is 11.0 Å². The molecule has 1 aromatic heterocycles. The SMILES string of the molecule is CCCc1c(C)c2ccc(OCC(=O)O[C@@H]3CC[C@]4(C)C(=CC[C@H]5[C@H]6CC[C@@H]([C@@H](C)CCCC(C)C)C[C@]6(C)CC[C@@H]54)C3)cc2oc1=O. The zero-order valence-corrected chi connectivity index (χ0v) is 31.0. The monoisotopic (exact) mass is 658 g/mol. The smallest absolute Gasteiger partial charge is 0.344 e. The van der Waals surface area contributed by atoms with E-state index >= 15 is 0 Å². The molecule has 264 valence electrons. The Hall–Kier alpha value is -2.56. The van der Waals surface area contributed by atoms with Gasteiger partial charge in [0.2, 0.25) is 0 Å². The molecular weight excluding hydrogens is 596 g/mol. The minimum Gasteiger partial charge on any atom is -0.482 e. The fourth-order valence-corrected chi connectivity index (χ4v) is 11.0. The van der Waals surface area contributed by atoms with Crippen molar-refractivity contribution in [2.75, 3.05) is 6.61 Å². The predicted octanol–water partition coefficient (Wildman–Crippen LogP) is 10.8. The van der Waals surface area contributed by atoms with E-state index in [1.165, 1.54) is 63.4 Å². The van der Waals surface area contributed by atoms with Gasteiger partial charge < -0.3 is 13.9 Å². The molecule has 6 rings (SSSR count). The van der Waals surface area contributed by atoms with Crippen molar-refractivity contribution >= 4 is 16.9 Å². The molecule has 5 heteroatoms. The molecule has 0 unspecified atom stereocenters. The third kappa shape index (κ3) is 7.04. The van der Waals surface area contributed by atoms with Gasteiger partial charge in [0.05, 0.1) is 0 Å². The average molecular weight is 659 g/mol. The van der Waals surface area contributed by atoms with Crippen LogP contribution in [-0.2, 0) is 16.0 Å². The fraction of sp³-hybridized carbons (Fsp3) is 0.721. The van der Waals surface area contributed by atoms with Gasteiger partial charge >= 0.3 is 11.6 Å². The van der Waals surface area contributed by atoms with Crippen LogP contribution in [0, 0.1) is 53.3 Å². The lowest BCUT2D eigenvalue weighted by Gasteiger charge is -2.61. The molecule has 3 fully saturated rings. The summed E-state index contributed by atoms with van der Waals surface area (Å²) in [6.07, 6.45) is 19.3. The number of fused-ring (bicyclic) bond motifs is 6. The number of hydrogen-bond donors (Lipinski definition) is 0. The maximum Gasteiger partial charge on any atom is 0.344 e. The number of hydrogen-bond acceptors (Lipinski definition) is 5. The minimum atomic E-state index is -0.336. The highest BCUT2D eigenvalue weighted by atomic mass is 16.6. The van der Waals surface area contributed by atoms with Crippen LogP contribution in [0.5, 0.6) is 5.75 Å². The van der Waals surface area contributed by atoms with Gasteiger partial charge in [-0.25, -0.2) is 9.59 Å². The third-order valence-corrected chi connectivity index (χ3v) is 13.8. The quantitative estimate of drug-likeness (QED) is 0.137. The number of carbonyl (C=O) groups excluding carboxylic acids is 1. The van der Waals surface area contributed by atoms with Gasteiger partial charge in [0.1, 0.15) is 17.4 Å². The van der Waals surface area contributed by atoms with Crippen LogP contribution in [0.1, 0.15) is 136 Å². The molecule has 0 aliphatic heterocycles. The van der Waals surface area contributed by atoms with Gasteiger partial charge in [0.15, 0.2) is 6.61 Å². The lowest BCUT2D eigenvalue weighted by molar-refractivity contribution is -0.154. The Morgan fingerprint density at radius 1 is 1.04 bits per heavy atom. The predicted molar refractivity (Wildman–Crippen MR) is 194 cm³/mol. The first-order chi connectivity index (χ1) is 22.9. The molecule has 4 aliphatic rings. The van der Waals surface area contributed by atoms with Gasteiger partial charge in [-0.1, -0.05) is 78.9 Å². The van der Waals surface area contributed by atoms with Crippen LogP contribution >= 0.6 is 0 Å². The second-order valence-electron chi connectivity index (χ2n) is 17.3. The van der Waals surface area contributed by atoms with Crippen LogP contribution in [-0.4, -0.2) is 18.7 Å². The van der Waals surface area contributed by atoms with E-state index in [1.54, 1.807) is 6.07 Å². The van der Waals surface area contributed by atoms with Crippen LogP contribution in [0.3, 0.4) is 0 Å². The third-order valence-electron chi connectivity index (χ3n) is 13.8. The van der Waals surface area contributed by atoms with Gasteiger partial charge in [0, 0.05) is 23.4 Å². The summed E-state index contributed by atoms with van der Waals surface area (Å²) in [6.45, 7) is 16.3. The topological polar surface area (TPSA) is 65.7 Å². The van der Waals surface area contributed by atoms with Crippen molar-refractivity contribution < 1.29 is 18.7 Å². The van der Waals surface area contributed by atoms with Gasteiger partial charge in [0.25, 0.3) is 0 Å². The molecule has 4 aliphatic carbocycles. The summed E-state index contributed by atoms with van der Waals surface area (Å²) in [5.41, 5.74) is 4.14. The average Bonchev–Trinajstić information content (AvgIpc) is 3.04. The molecule has 8 atom stereocenters. The molecule has 2 aromatic rings. The largest absolute Gasteiger partial charge is 0.482 e. The van der Waals surface area contributed by atoms with E-state index < -0.39 is 0 Å². The normalized spacial score (nSPS) is 32.2. The molecule has 0 N–H and O–H groups in total. The zero-order chi connectivity index (χ0) is 34.2. The van der Waals surface area contributed by atoms with Gasteiger partial charge in [-0.2, -0.15) is 0 Å². The second kappa shape index (κ2) is 14.4. The van der Waals surface area contributed by atoms with E-state index in [-0.39, 0.29) is 29.7 Å². The van der Waals surface area contributed by atoms with E-state index in [2.05, 4.69) is 47.6 Å². The molecule has 0 radical (unpaired) electrons. The summed E-state index contributed by atoms with van der Waals surface area (Å²) in [5, 5.41) is 0.901. The van der Waals surface area contributed by atoms with E-state index in [0.717, 1.165) is 77.7 Å². The Balaban J connectivity index is 1.03. The lowest BCUT2D eigenvalue weighted by atomic mass is 9.44. The number of carbonyl (C=O) groups is 1. The van der Waals surface area contributed by atoms with Crippen molar-refractivity contribution in [1.29, 1.82) is 0 Å². The fourth-order valence-electron chi connectivity index (χ4n) is 11.0. The van der Waals surface area contributed by atoms with Crippen molar-refractivity contribution in [3.63, 3.8) is 0 Å². The van der Waals surface area contributed by atoms with E-state index in [4.69, 9.17) is 13.9 Å². The molecule has 48 heavy (non-hydrogen) atoms. The van der Waals surface area contributed by atoms with Crippen molar-refractivity contribution in [2.24, 2.45) is 46.3 Å².